The summed E-state index contributed by atoms with van der Waals surface area (Å²) in [7, 11) is 0. The molecule has 0 fully saturated rings. The summed E-state index contributed by atoms with van der Waals surface area (Å²) in [6.07, 6.45) is 3.29. The first kappa shape index (κ1) is 20.9. The lowest BCUT2D eigenvalue weighted by Crippen LogP contribution is -2.48. The van der Waals surface area contributed by atoms with Gasteiger partial charge in [-0.3, -0.25) is 25.8 Å². The molecule has 7 heteroatoms. The van der Waals surface area contributed by atoms with Crippen LogP contribution in [0.5, 0.6) is 5.75 Å². The van der Waals surface area contributed by atoms with E-state index < -0.39 is 5.91 Å². The van der Waals surface area contributed by atoms with Gasteiger partial charge in [0.2, 0.25) is 5.91 Å². The molecule has 1 rings (SSSR count). The highest BCUT2D eigenvalue weighted by Crippen LogP contribution is 2.18. The van der Waals surface area contributed by atoms with E-state index in [4.69, 9.17) is 17.0 Å². The smallest absolute Gasteiger partial charge is 0.261 e. The van der Waals surface area contributed by atoms with E-state index in [2.05, 4.69) is 23.1 Å². The first-order chi connectivity index (χ1) is 11.9. The van der Waals surface area contributed by atoms with E-state index in [1.54, 1.807) is 24.3 Å². The number of benzene rings is 1. The maximum atomic E-state index is 12.3. The first-order valence-corrected chi connectivity index (χ1v) is 8.96. The number of unbranched alkanes of at least 4 members (excludes halogenated alkanes) is 2. The van der Waals surface area contributed by atoms with E-state index in [1.165, 1.54) is 0 Å². The third-order valence-corrected chi connectivity index (χ3v) is 3.46. The third-order valence-electron chi connectivity index (χ3n) is 3.25. The number of para-hydroxylation sites is 1. The zero-order chi connectivity index (χ0) is 18.7. The third kappa shape index (κ3) is 8.49. The largest absolute Gasteiger partial charge is 0.492 e. The number of thiocarbonyl (C=S) groups is 1. The monoisotopic (exact) mass is 365 g/mol. The molecule has 2 amide bonds. The van der Waals surface area contributed by atoms with Crippen LogP contribution < -0.4 is 20.9 Å². The fourth-order valence-corrected chi connectivity index (χ4v) is 2.11. The van der Waals surface area contributed by atoms with Crippen molar-refractivity contribution in [2.45, 2.75) is 46.5 Å². The van der Waals surface area contributed by atoms with E-state index in [1.807, 2.05) is 13.8 Å². The van der Waals surface area contributed by atoms with Crippen molar-refractivity contribution in [3.8, 4) is 5.75 Å². The molecule has 0 aliphatic rings. The molecule has 0 unspecified atom stereocenters. The predicted molar refractivity (Wildman–Crippen MR) is 102 cm³/mol. The minimum absolute atomic E-state index is 0.0347. The number of amides is 2. The molecule has 0 heterocycles. The summed E-state index contributed by atoms with van der Waals surface area (Å²) in [5.74, 6) is 0.296. The fraction of sp³-hybridized carbons (Fsp3) is 0.500. The molecule has 138 valence electrons. The summed E-state index contributed by atoms with van der Waals surface area (Å²) < 4.78 is 5.66. The van der Waals surface area contributed by atoms with Gasteiger partial charge in [0, 0.05) is 6.42 Å². The van der Waals surface area contributed by atoms with Gasteiger partial charge in [-0.1, -0.05) is 45.7 Å². The van der Waals surface area contributed by atoms with Gasteiger partial charge in [0.1, 0.15) is 5.75 Å². The van der Waals surface area contributed by atoms with Crippen molar-refractivity contribution >= 4 is 29.1 Å². The Bertz CT molecular complexity index is 591. The Morgan fingerprint density at radius 2 is 1.88 bits per heavy atom. The predicted octanol–water partition coefficient (Wildman–Crippen LogP) is 2.94. The Balaban J connectivity index is 2.50. The molecule has 1 aromatic carbocycles. The SMILES string of the molecule is CCCCCC(=O)NNC(=S)NC(=O)c1ccccc1OCC(C)C. The van der Waals surface area contributed by atoms with Gasteiger partial charge >= 0.3 is 0 Å². The number of nitrogens with one attached hydrogen (secondary N) is 3. The molecule has 6 nitrogen and oxygen atoms in total. The van der Waals surface area contributed by atoms with Crippen LogP contribution in [0.25, 0.3) is 0 Å². The molecule has 1 aromatic rings. The van der Waals surface area contributed by atoms with E-state index in [-0.39, 0.29) is 11.0 Å². The van der Waals surface area contributed by atoms with Gasteiger partial charge < -0.3 is 4.74 Å². The van der Waals surface area contributed by atoms with E-state index in [9.17, 15) is 9.59 Å². The lowest BCUT2D eigenvalue weighted by Gasteiger charge is -2.14. The summed E-state index contributed by atoms with van der Waals surface area (Å²) in [4.78, 5) is 24.0. The molecule has 0 aliphatic carbocycles. The normalized spacial score (nSPS) is 10.2. The van der Waals surface area contributed by atoms with Crippen LogP contribution in [0.1, 0.15) is 56.8 Å². The number of carbonyl (C=O) groups excluding carboxylic acids is 2. The number of hydrogen-bond donors (Lipinski definition) is 3. The molecular formula is C18H27N3O3S. The number of hydrogen-bond acceptors (Lipinski definition) is 4. The molecule has 0 bridgehead atoms. The minimum Gasteiger partial charge on any atom is -0.492 e. The minimum atomic E-state index is -0.392. The lowest BCUT2D eigenvalue weighted by atomic mass is 10.2. The molecule has 0 saturated carbocycles. The van der Waals surface area contributed by atoms with Crippen molar-refractivity contribution in [2.75, 3.05) is 6.61 Å². The molecule has 0 aliphatic heterocycles. The standard InChI is InChI=1S/C18H27N3O3S/c1-4-5-6-11-16(22)20-21-18(25)19-17(23)14-9-7-8-10-15(14)24-12-13(2)3/h7-10,13H,4-6,11-12H2,1-3H3,(H,20,22)(H2,19,21,23,25). The molecule has 0 saturated heterocycles. The van der Waals surface area contributed by atoms with Crippen LogP contribution in [-0.4, -0.2) is 23.5 Å². The molecule has 0 radical (unpaired) electrons. The van der Waals surface area contributed by atoms with Crippen LogP contribution in [0.4, 0.5) is 0 Å². The van der Waals surface area contributed by atoms with E-state index in [0.717, 1.165) is 19.3 Å². The van der Waals surface area contributed by atoms with Gasteiger partial charge in [0.25, 0.3) is 5.91 Å². The second-order valence-corrected chi connectivity index (χ2v) is 6.52. The average molecular weight is 365 g/mol. The van der Waals surface area contributed by atoms with Gasteiger partial charge in [-0.05, 0) is 36.7 Å². The zero-order valence-corrected chi connectivity index (χ0v) is 15.9. The maximum Gasteiger partial charge on any atom is 0.261 e. The van der Waals surface area contributed by atoms with Gasteiger partial charge in [-0.25, -0.2) is 0 Å². The molecule has 3 N–H and O–H groups in total. The van der Waals surface area contributed by atoms with Crippen molar-refractivity contribution in [3.05, 3.63) is 29.8 Å². The second kappa shape index (κ2) is 11.4. The first-order valence-electron chi connectivity index (χ1n) is 8.56. The molecule has 0 spiro atoms. The molecular weight excluding hydrogens is 338 g/mol. The topological polar surface area (TPSA) is 79.5 Å². The molecule has 25 heavy (non-hydrogen) atoms. The van der Waals surface area contributed by atoms with Crippen molar-refractivity contribution in [1.82, 2.24) is 16.2 Å². The summed E-state index contributed by atoms with van der Waals surface area (Å²) in [6.45, 7) is 6.65. The zero-order valence-electron chi connectivity index (χ0n) is 15.1. The van der Waals surface area contributed by atoms with Crippen molar-refractivity contribution in [3.63, 3.8) is 0 Å². The summed E-state index contributed by atoms with van der Waals surface area (Å²) in [6, 6.07) is 6.96. The number of ether oxygens (including phenoxy) is 1. The Morgan fingerprint density at radius 1 is 1.16 bits per heavy atom. The fourth-order valence-electron chi connectivity index (χ4n) is 1.96. The van der Waals surface area contributed by atoms with Crippen LogP contribution >= 0.6 is 12.2 Å². The van der Waals surface area contributed by atoms with Crippen molar-refractivity contribution < 1.29 is 14.3 Å². The summed E-state index contributed by atoms with van der Waals surface area (Å²) in [5, 5.41) is 2.57. The van der Waals surface area contributed by atoms with E-state index >= 15 is 0 Å². The van der Waals surface area contributed by atoms with Gasteiger partial charge in [0.05, 0.1) is 12.2 Å². The van der Waals surface area contributed by atoms with Gasteiger partial charge in [0.15, 0.2) is 5.11 Å². The van der Waals surface area contributed by atoms with Crippen LogP contribution in [0, 0.1) is 5.92 Å². The quantitative estimate of drug-likeness (QED) is 0.375. The Labute approximate surface area is 154 Å². The number of carbonyl (C=O) groups is 2. The van der Waals surface area contributed by atoms with E-state index in [0.29, 0.717) is 30.3 Å². The Hall–Kier alpha value is -2.15. The van der Waals surface area contributed by atoms with Crippen molar-refractivity contribution in [2.24, 2.45) is 5.92 Å². The number of rotatable bonds is 8. The second-order valence-electron chi connectivity index (χ2n) is 6.11. The van der Waals surface area contributed by atoms with Crippen molar-refractivity contribution in [1.29, 1.82) is 0 Å². The van der Waals surface area contributed by atoms with Gasteiger partial charge in [-0.15, -0.1) is 0 Å². The molecule has 0 atom stereocenters. The molecule has 0 aromatic heterocycles. The van der Waals surface area contributed by atoms with Crippen LogP contribution in [0.15, 0.2) is 24.3 Å². The Morgan fingerprint density at radius 3 is 2.56 bits per heavy atom. The van der Waals surface area contributed by atoms with Crippen LogP contribution in [0.2, 0.25) is 0 Å². The highest BCUT2D eigenvalue weighted by atomic mass is 32.1. The lowest BCUT2D eigenvalue weighted by molar-refractivity contribution is -0.121. The summed E-state index contributed by atoms with van der Waals surface area (Å²) >= 11 is 5.03. The van der Waals surface area contributed by atoms with Crippen LogP contribution in [0.3, 0.4) is 0 Å². The Kier molecular flexibility index (Phi) is 9.54. The number of hydrazine groups is 1. The van der Waals surface area contributed by atoms with Gasteiger partial charge in [-0.2, -0.15) is 0 Å². The maximum absolute atomic E-state index is 12.3. The summed E-state index contributed by atoms with van der Waals surface area (Å²) in [5.41, 5.74) is 5.41. The highest BCUT2D eigenvalue weighted by molar-refractivity contribution is 7.80. The highest BCUT2D eigenvalue weighted by Gasteiger charge is 2.14. The van der Waals surface area contributed by atoms with Crippen LogP contribution in [-0.2, 0) is 4.79 Å². The average Bonchev–Trinajstić information content (AvgIpc) is 2.58.